The summed E-state index contributed by atoms with van der Waals surface area (Å²) in [6.45, 7) is 2.04. The Morgan fingerprint density at radius 3 is 2.27 bits per heavy atom. The highest BCUT2D eigenvalue weighted by molar-refractivity contribution is 5.79. The molecule has 1 atom stereocenters. The molecule has 0 bridgehead atoms. The van der Waals surface area contributed by atoms with Gasteiger partial charge in [0.2, 0.25) is 0 Å². The van der Waals surface area contributed by atoms with Crippen LogP contribution in [-0.2, 0) is 4.74 Å². The molecule has 1 amide bonds. The molecule has 1 aliphatic rings. The Morgan fingerprint density at radius 1 is 1.18 bits per heavy atom. The summed E-state index contributed by atoms with van der Waals surface area (Å²) in [5.41, 5.74) is 4.82. The Morgan fingerprint density at radius 2 is 1.73 bits per heavy atom. The molecule has 0 spiro atoms. The predicted molar refractivity (Wildman–Crippen MR) is 86.5 cm³/mol. The van der Waals surface area contributed by atoms with Gasteiger partial charge in [0, 0.05) is 5.92 Å². The van der Waals surface area contributed by atoms with Gasteiger partial charge in [0.25, 0.3) is 0 Å². The molecule has 110 valence electrons. The zero-order valence-electron chi connectivity index (χ0n) is 12.4. The molecular formula is C19H17NO2. The molecule has 0 saturated heterocycles. The van der Waals surface area contributed by atoms with E-state index >= 15 is 0 Å². The second-order valence-corrected chi connectivity index (χ2v) is 5.36. The molecule has 0 unspecified atom stereocenters. The number of terminal acetylenes is 1. The smallest absolute Gasteiger partial charge is 0.408 e. The molecule has 2 aromatic carbocycles. The SMILES string of the molecule is C#C[C@H](C)NC(=O)OCC1c2ccccc2-c2ccccc21. The molecule has 0 fully saturated rings. The number of hydrogen-bond donors (Lipinski definition) is 1. The molecule has 3 nitrogen and oxygen atoms in total. The van der Waals surface area contributed by atoms with Gasteiger partial charge in [0.1, 0.15) is 6.61 Å². The zero-order chi connectivity index (χ0) is 15.5. The molecule has 1 N–H and O–H groups in total. The van der Waals surface area contributed by atoms with Gasteiger partial charge >= 0.3 is 6.09 Å². The monoisotopic (exact) mass is 291 g/mol. The van der Waals surface area contributed by atoms with E-state index in [9.17, 15) is 4.79 Å². The van der Waals surface area contributed by atoms with Crippen molar-refractivity contribution in [2.45, 2.75) is 18.9 Å². The van der Waals surface area contributed by atoms with Crippen LogP contribution in [-0.4, -0.2) is 18.7 Å². The highest BCUT2D eigenvalue weighted by atomic mass is 16.5. The normalized spacial score (nSPS) is 13.6. The van der Waals surface area contributed by atoms with Crippen LogP contribution in [0.4, 0.5) is 4.79 Å². The first-order valence-electron chi connectivity index (χ1n) is 7.28. The van der Waals surface area contributed by atoms with Gasteiger partial charge in [-0.1, -0.05) is 54.5 Å². The van der Waals surface area contributed by atoms with Crippen LogP contribution in [0.25, 0.3) is 11.1 Å². The van der Waals surface area contributed by atoms with E-state index in [4.69, 9.17) is 11.2 Å². The second-order valence-electron chi connectivity index (χ2n) is 5.36. The summed E-state index contributed by atoms with van der Waals surface area (Å²) in [5, 5.41) is 2.60. The first kappa shape index (κ1) is 14.2. The lowest BCUT2D eigenvalue weighted by atomic mass is 9.98. The van der Waals surface area contributed by atoms with Crippen LogP contribution in [0.3, 0.4) is 0 Å². The molecule has 0 radical (unpaired) electrons. The highest BCUT2D eigenvalue weighted by Crippen LogP contribution is 2.44. The van der Waals surface area contributed by atoms with Crippen LogP contribution in [0.5, 0.6) is 0 Å². The number of hydrogen-bond acceptors (Lipinski definition) is 2. The summed E-state index contributed by atoms with van der Waals surface area (Å²) in [6, 6.07) is 16.1. The van der Waals surface area contributed by atoms with Crippen LogP contribution in [0, 0.1) is 12.3 Å². The fraction of sp³-hybridized carbons (Fsp3) is 0.211. The Kier molecular flexibility index (Phi) is 3.84. The first-order valence-corrected chi connectivity index (χ1v) is 7.28. The van der Waals surface area contributed by atoms with Crippen molar-refractivity contribution < 1.29 is 9.53 Å². The number of amides is 1. The van der Waals surface area contributed by atoms with E-state index in [-0.39, 0.29) is 12.0 Å². The maximum atomic E-state index is 11.8. The van der Waals surface area contributed by atoms with Gasteiger partial charge < -0.3 is 10.1 Å². The van der Waals surface area contributed by atoms with Crippen LogP contribution < -0.4 is 5.32 Å². The van der Waals surface area contributed by atoms with Crippen molar-refractivity contribution >= 4 is 6.09 Å². The number of rotatable bonds is 3. The molecule has 0 aromatic heterocycles. The number of benzene rings is 2. The van der Waals surface area contributed by atoms with E-state index in [1.807, 2.05) is 24.3 Å². The number of nitrogens with one attached hydrogen (secondary N) is 1. The van der Waals surface area contributed by atoms with Crippen molar-refractivity contribution in [2.75, 3.05) is 6.61 Å². The summed E-state index contributed by atoms with van der Waals surface area (Å²) in [5.74, 6) is 2.51. The average molecular weight is 291 g/mol. The lowest BCUT2D eigenvalue weighted by molar-refractivity contribution is 0.141. The molecule has 2 aromatic rings. The number of carbonyl (C=O) groups excluding carboxylic acids is 1. The summed E-state index contributed by atoms with van der Waals surface area (Å²) in [4.78, 5) is 11.8. The van der Waals surface area contributed by atoms with Crippen LogP contribution in [0.15, 0.2) is 48.5 Å². The van der Waals surface area contributed by atoms with Crippen molar-refractivity contribution in [3.8, 4) is 23.5 Å². The standard InChI is InChI=1S/C19H17NO2/c1-3-13(2)20-19(21)22-12-18-16-10-6-4-8-14(16)15-9-5-7-11-17(15)18/h1,4-11,13,18H,12H2,2H3,(H,20,21)/t13-/m0/s1. The Bertz CT molecular complexity index is 700. The van der Waals surface area contributed by atoms with Crippen LogP contribution in [0.1, 0.15) is 24.0 Å². The topological polar surface area (TPSA) is 38.3 Å². The van der Waals surface area contributed by atoms with Crippen LogP contribution in [0.2, 0.25) is 0 Å². The number of fused-ring (bicyclic) bond motifs is 3. The van der Waals surface area contributed by atoms with Crippen molar-refractivity contribution in [3.05, 3.63) is 59.7 Å². The van der Waals surface area contributed by atoms with E-state index in [1.54, 1.807) is 6.92 Å². The van der Waals surface area contributed by atoms with E-state index in [2.05, 4.69) is 35.5 Å². The molecular weight excluding hydrogens is 274 g/mol. The van der Waals surface area contributed by atoms with Gasteiger partial charge in [-0.25, -0.2) is 4.79 Å². The van der Waals surface area contributed by atoms with Crippen molar-refractivity contribution in [2.24, 2.45) is 0 Å². The highest BCUT2D eigenvalue weighted by Gasteiger charge is 2.28. The van der Waals surface area contributed by atoms with Crippen molar-refractivity contribution in [1.82, 2.24) is 5.32 Å². The molecule has 22 heavy (non-hydrogen) atoms. The molecule has 3 rings (SSSR count). The fourth-order valence-electron chi connectivity index (χ4n) is 2.86. The third-order valence-electron chi connectivity index (χ3n) is 3.93. The van der Waals surface area contributed by atoms with Gasteiger partial charge in [0.15, 0.2) is 0 Å². The lowest BCUT2D eigenvalue weighted by Crippen LogP contribution is -2.32. The summed E-state index contributed by atoms with van der Waals surface area (Å²) < 4.78 is 5.37. The molecule has 0 heterocycles. The fourth-order valence-corrected chi connectivity index (χ4v) is 2.86. The third kappa shape index (κ3) is 2.56. The maximum absolute atomic E-state index is 11.8. The Hall–Kier alpha value is -2.73. The number of carbonyl (C=O) groups is 1. The van der Waals surface area contributed by atoms with Crippen LogP contribution >= 0.6 is 0 Å². The minimum Gasteiger partial charge on any atom is -0.449 e. The average Bonchev–Trinajstić information content (AvgIpc) is 2.87. The molecule has 0 aliphatic heterocycles. The number of ether oxygens (including phenoxy) is 1. The first-order chi connectivity index (χ1) is 10.7. The molecule has 1 aliphatic carbocycles. The van der Waals surface area contributed by atoms with Gasteiger partial charge in [-0.3, -0.25) is 0 Å². The van der Waals surface area contributed by atoms with E-state index < -0.39 is 6.09 Å². The minimum absolute atomic E-state index is 0.0688. The second kappa shape index (κ2) is 5.95. The Balaban J connectivity index is 1.80. The third-order valence-corrected chi connectivity index (χ3v) is 3.93. The minimum atomic E-state index is -0.479. The summed E-state index contributed by atoms with van der Waals surface area (Å²) in [7, 11) is 0. The largest absolute Gasteiger partial charge is 0.449 e. The number of alkyl carbamates (subject to hydrolysis) is 1. The van der Waals surface area contributed by atoms with E-state index in [0.717, 1.165) is 0 Å². The van der Waals surface area contributed by atoms with Gasteiger partial charge in [-0.15, -0.1) is 6.42 Å². The maximum Gasteiger partial charge on any atom is 0.408 e. The van der Waals surface area contributed by atoms with E-state index in [1.165, 1.54) is 22.3 Å². The Labute approximate surface area is 130 Å². The summed E-state index contributed by atoms with van der Waals surface area (Å²) >= 11 is 0. The lowest BCUT2D eigenvalue weighted by Gasteiger charge is -2.15. The molecule has 3 heteroatoms. The van der Waals surface area contributed by atoms with Gasteiger partial charge in [-0.2, -0.15) is 0 Å². The summed E-state index contributed by atoms with van der Waals surface area (Å²) in [6.07, 6.45) is 4.77. The van der Waals surface area contributed by atoms with Gasteiger partial charge in [-0.05, 0) is 29.2 Å². The van der Waals surface area contributed by atoms with Crippen molar-refractivity contribution in [3.63, 3.8) is 0 Å². The molecule has 0 saturated carbocycles. The van der Waals surface area contributed by atoms with Gasteiger partial charge in [0.05, 0.1) is 6.04 Å². The quantitative estimate of drug-likeness (QED) is 0.878. The van der Waals surface area contributed by atoms with E-state index in [0.29, 0.717) is 6.61 Å². The predicted octanol–water partition coefficient (Wildman–Crippen LogP) is 3.55. The zero-order valence-corrected chi connectivity index (χ0v) is 12.4. The van der Waals surface area contributed by atoms with Crippen molar-refractivity contribution in [1.29, 1.82) is 0 Å².